The van der Waals surface area contributed by atoms with Gasteiger partial charge in [0.05, 0.1) is 5.69 Å². The zero-order chi connectivity index (χ0) is 9.97. The lowest BCUT2D eigenvalue weighted by Crippen LogP contribution is -1.95. The third-order valence-corrected chi connectivity index (χ3v) is 2.83. The zero-order valence-corrected chi connectivity index (χ0v) is 8.42. The summed E-state index contributed by atoms with van der Waals surface area (Å²) in [5.74, 6) is 0. The summed E-state index contributed by atoms with van der Waals surface area (Å²) >= 11 is 1.59. The number of hydrogen-bond acceptors (Lipinski definition) is 4. The Bertz CT molecular complexity index is 436. The van der Waals surface area contributed by atoms with Gasteiger partial charge in [-0.2, -0.15) is 0 Å². The van der Waals surface area contributed by atoms with Gasteiger partial charge in [0, 0.05) is 23.2 Å². The average Bonchev–Trinajstić information content (AvgIpc) is 2.66. The molecule has 0 saturated heterocycles. The van der Waals surface area contributed by atoms with E-state index in [0.29, 0.717) is 6.54 Å². The maximum atomic E-state index is 5.69. The van der Waals surface area contributed by atoms with E-state index in [-0.39, 0.29) is 0 Å². The summed E-state index contributed by atoms with van der Waals surface area (Å²) in [6.07, 6.45) is 0. The molecule has 0 saturated carbocycles. The Labute approximate surface area is 86.4 Å². The lowest BCUT2D eigenvalue weighted by molar-refractivity contribution is 1.01. The zero-order valence-electron chi connectivity index (χ0n) is 7.60. The molecule has 1 heterocycles. The van der Waals surface area contributed by atoms with E-state index in [9.17, 15) is 0 Å². The lowest BCUT2D eigenvalue weighted by atomic mass is 10.2. The molecular formula is C10H11N3S. The Kier molecular flexibility index (Phi) is 2.47. The summed E-state index contributed by atoms with van der Waals surface area (Å²) in [5.41, 5.74) is 13.9. The molecule has 4 N–H and O–H groups in total. The first kappa shape index (κ1) is 9.18. The highest BCUT2D eigenvalue weighted by atomic mass is 32.1. The van der Waals surface area contributed by atoms with Crippen molar-refractivity contribution in [2.45, 2.75) is 6.54 Å². The normalized spacial score (nSPS) is 10.4. The Balaban J connectivity index is 2.39. The molecule has 0 amide bonds. The summed E-state index contributed by atoms with van der Waals surface area (Å²) in [6, 6.07) is 7.70. The van der Waals surface area contributed by atoms with Crippen molar-refractivity contribution in [2.75, 3.05) is 5.73 Å². The fourth-order valence-electron chi connectivity index (χ4n) is 1.21. The number of aromatic nitrogens is 1. The van der Waals surface area contributed by atoms with Crippen LogP contribution in [0.25, 0.3) is 10.6 Å². The number of hydrogen-bond donors (Lipinski definition) is 2. The van der Waals surface area contributed by atoms with Crippen molar-refractivity contribution in [2.24, 2.45) is 5.73 Å². The number of nitrogens with zero attached hydrogens (tertiary/aromatic N) is 1. The predicted molar refractivity (Wildman–Crippen MR) is 59.9 cm³/mol. The fraction of sp³-hybridized carbons (Fsp3) is 0.100. The Morgan fingerprint density at radius 2 is 2.21 bits per heavy atom. The number of thiazole rings is 1. The van der Waals surface area contributed by atoms with Crippen LogP contribution in [0.5, 0.6) is 0 Å². The van der Waals surface area contributed by atoms with Gasteiger partial charge in [0.2, 0.25) is 0 Å². The first-order valence-electron chi connectivity index (χ1n) is 4.30. The SMILES string of the molecule is NCc1csc(-c2cccc(N)c2)n1. The van der Waals surface area contributed by atoms with Gasteiger partial charge in [-0.3, -0.25) is 0 Å². The Hall–Kier alpha value is -1.39. The third kappa shape index (κ3) is 1.76. The molecule has 0 aliphatic carbocycles. The molecule has 0 spiro atoms. The molecule has 0 radical (unpaired) electrons. The van der Waals surface area contributed by atoms with Crippen LogP contribution >= 0.6 is 11.3 Å². The molecule has 0 fully saturated rings. The van der Waals surface area contributed by atoms with Gasteiger partial charge in [0.1, 0.15) is 5.01 Å². The van der Waals surface area contributed by atoms with E-state index >= 15 is 0 Å². The van der Waals surface area contributed by atoms with Crippen molar-refractivity contribution in [3.8, 4) is 10.6 Å². The molecule has 0 bridgehead atoms. The van der Waals surface area contributed by atoms with Gasteiger partial charge in [0.15, 0.2) is 0 Å². The van der Waals surface area contributed by atoms with Crippen LogP contribution in [0.3, 0.4) is 0 Å². The molecular weight excluding hydrogens is 194 g/mol. The maximum absolute atomic E-state index is 5.69. The number of benzene rings is 1. The predicted octanol–water partition coefficient (Wildman–Crippen LogP) is 1.85. The maximum Gasteiger partial charge on any atom is 0.123 e. The van der Waals surface area contributed by atoms with Crippen molar-refractivity contribution >= 4 is 17.0 Å². The van der Waals surface area contributed by atoms with Gasteiger partial charge in [-0.1, -0.05) is 12.1 Å². The van der Waals surface area contributed by atoms with Crippen LogP contribution in [0.15, 0.2) is 29.6 Å². The number of anilines is 1. The largest absolute Gasteiger partial charge is 0.399 e. The first-order chi connectivity index (χ1) is 6.79. The molecule has 0 unspecified atom stereocenters. The minimum Gasteiger partial charge on any atom is -0.399 e. The monoisotopic (exact) mass is 205 g/mol. The Morgan fingerprint density at radius 1 is 1.36 bits per heavy atom. The molecule has 0 aliphatic rings. The molecule has 2 rings (SSSR count). The van der Waals surface area contributed by atoms with E-state index < -0.39 is 0 Å². The first-order valence-corrected chi connectivity index (χ1v) is 5.18. The van der Waals surface area contributed by atoms with E-state index in [1.54, 1.807) is 11.3 Å². The van der Waals surface area contributed by atoms with E-state index in [1.807, 2.05) is 29.6 Å². The fourth-order valence-corrected chi connectivity index (χ4v) is 2.03. The molecule has 14 heavy (non-hydrogen) atoms. The van der Waals surface area contributed by atoms with E-state index in [0.717, 1.165) is 22.0 Å². The molecule has 0 atom stereocenters. The minimum absolute atomic E-state index is 0.485. The quantitative estimate of drug-likeness (QED) is 0.735. The van der Waals surface area contributed by atoms with Gasteiger partial charge in [-0.05, 0) is 12.1 Å². The van der Waals surface area contributed by atoms with Crippen LogP contribution in [0.2, 0.25) is 0 Å². The second kappa shape index (κ2) is 3.77. The molecule has 1 aromatic carbocycles. The molecule has 1 aromatic heterocycles. The van der Waals surface area contributed by atoms with Crippen LogP contribution in [0.4, 0.5) is 5.69 Å². The summed E-state index contributed by atoms with van der Waals surface area (Å²) < 4.78 is 0. The lowest BCUT2D eigenvalue weighted by Gasteiger charge is -1.97. The standard InChI is InChI=1S/C10H11N3S/c11-5-9-6-14-10(13-9)7-2-1-3-8(12)4-7/h1-4,6H,5,11-12H2. The van der Waals surface area contributed by atoms with Crippen molar-refractivity contribution < 1.29 is 0 Å². The molecule has 0 aliphatic heterocycles. The summed E-state index contributed by atoms with van der Waals surface area (Å²) in [5, 5.41) is 2.94. The number of rotatable bonds is 2. The van der Waals surface area contributed by atoms with Gasteiger partial charge in [0.25, 0.3) is 0 Å². The van der Waals surface area contributed by atoms with Gasteiger partial charge < -0.3 is 11.5 Å². The topological polar surface area (TPSA) is 64.9 Å². The van der Waals surface area contributed by atoms with Crippen LogP contribution in [-0.2, 0) is 6.54 Å². The van der Waals surface area contributed by atoms with Crippen LogP contribution in [-0.4, -0.2) is 4.98 Å². The van der Waals surface area contributed by atoms with Crippen molar-refractivity contribution in [3.63, 3.8) is 0 Å². The van der Waals surface area contributed by atoms with Crippen molar-refractivity contribution in [3.05, 3.63) is 35.3 Å². The molecule has 4 heteroatoms. The summed E-state index contributed by atoms with van der Waals surface area (Å²) in [4.78, 5) is 4.38. The highest BCUT2D eigenvalue weighted by Crippen LogP contribution is 2.24. The molecule has 72 valence electrons. The molecule has 2 aromatic rings. The van der Waals surface area contributed by atoms with Gasteiger partial charge in [-0.25, -0.2) is 4.98 Å². The van der Waals surface area contributed by atoms with Crippen LogP contribution in [0, 0.1) is 0 Å². The highest BCUT2D eigenvalue weighted by molar-refractivity contribution is 7.13. The second-order valence-electron chi connectivity index (χ2n) is 2.97. The summed E-state index contributed by atoms with van der Waals surface area (Å²) in [6.45, 7) is 0.485. The van der Waals surface area contributed by atoms with Gasteiger partial charge >= 0.3 is 0 Å². The second-order valence-corrected chi connectivity index (χ2v) is 3.83. The van der Waals surface area contributed by atoms with E-state index in [2.05, 4.69) is 4.98 Å². The summed E-state index contributed by atoms with van der Waals surface area (Å²) in [7, 11) is 0. The number of nitrogens with two attached hydrogens (primary N) is 2. The van der Waals surface area contributed by atoms with Crippen LogP contribution < -0.4 is 11.5 Å². The number of nitrogen functional groups attached to an aromatic ring is 1. The van der Waals surface area contributed by atoms with Crippen LogP contribution in [0.1, 0.15) is 5.69 Å². The van der Waals surface area contributed by atoms with Crippen molar-refractivity contribution in [1.82, 2.24) is 4.98 Å². The third-order valence-electron chi connectivity index (χ3n) is 1.89. The van der Waals surface area contributed by atoms with Gasteiger partial charge in [-0.15, -0.1) is 11.3 Å². The van der Waals surface area contributed by atoms with E-state index in [4.69, 9.17) is 11.5 Å². The van der Waals surface area contributed by atoms with Crippen molar-refractivity contribution in [1.29, 1.82) is 0 Å². The minimum atomic E-state index is 0.485. The van der Waals surface area contributed by atoms with E-state index in [1.165, 1.54) is 0 Å². The molecule has 3 nitrogen and oxygen atoms in total. The average molecular weight is 205 g/mol. The highest BCUT2D eigenvalue weighted by Gasteiger charge is 2.03. The Morgan fingerprint density at radius 3 is 2.86 bits per heavy atom. The smallest absolute Gasteiger partial charge is 0.123 e.